The van der Waals surface area contributed by atoms with Crippen LogP contribution in [0.4, 0.5) is 0 Å². The number of hydrogen-bond acceptors (Lipinski definition) is 1. The van der Waals surface area contributed by atoms with E-state index in [2.05, 4.69) is 45.0 Å². The van der Waals surface area contributed by atoms with Crippen LogP contribution in [0.2, 0.25) is 0 Å². The molecule has 1 fully saturated rings. The maximum Gasteiger partial charge on any atom is 0.140 e. The van der Waals surface area contributed by atoms with Crippen molar-refractivity contribution >= 4 is 5.78 Å². The molecule has 1 heteroatoms. The fourth-order valence-electron chi connectivity index (χ4n) is 2.98. The van der Waals surface area contributed by atoms with Gasteiger partial charge in [-0.05, 0) is 35.8 Å². The molecule has 0 amide bonds. The molecule has 0 bridgehead atoms. The molecule has 1 aliphatic rings. The zero-order valence-corrected chi connectivity index (χ0v) is 11.8. The van der Waals surface area contributed by atoms with Crippen LogP contribution >= 0.6 is 0 Å². The first kappa shape index (κ1) is 13.3. The SMILES string of the molecule is CC(C)c1ccc(CC(=O)C2CCCC2C)cc1. The molecule has 2 unspecified atom stereocenters. The first-order valence-corrected chi connectivity index (χ1v) is 7.19. The van der Waals surface area contributed by atoms with E-state index in [9.17, 15) is 4.79 Å². The lowest BCUT2D eigenvalue weighted by atomic mass is 9.89. The summed E-state index contributed by atoms with van der Waals surface area (Å²) in [5.41, 5.74) is 2.52. The average Bonchev–Trinajstić information content (AvgIpc) is 2.76. The number of carbonyl (C=O) groups excluding carboxylic acids is 1. The smallest absolute Gasteiger partial charge is 0.140 e. The van der Waals surface area contributed by atoms with E-state index in [4.69, 9.17) is 0 Å². The lowest BCUT2D eigenvalue weighted by molar-refractivity contribution is -0.123. The zero-order chi connectivity index (χ0) is 13.1. The topological polar surface area (TPSA) is 17.1 Å². The highest BCUT2D eigenvalue weighted by molar-refractivity contribution is 5.83. The molecule has 0 N–H and O–H groups in total. The second-order valence-corrected chi connectivity index (χ2v) is 6.05. The number of rotatable bonds is 4. The molecule has 18 heavy (non-hydrogen) atoms. The Bertz CT molecular complexity index is 402. The molecule has 0 aromatic heterocycles. The van der Waals surface area contributed by atoms with Crippen LogP contribution in [-0.2, 0) is 11.2 Å². The molecule has 1 aliphatic carbocycles. The maximum absolute atomic E-state index is 12.2. The molecule has 0 aliphatic heterocycles. The summed E-state index contributed by atoms with van der Waals surface area (Å²) in [4.78, 5) is 12.2. The third-order valence-corrected chi connectivity index (χ3v) is 4.30. The van der Waals surface area contributed by atoms with Gasteiger partial charge in [-0.3, -0.25) is 4.79 Å². The van der Waals surface area contributed by atoms with E-state index in [0.29, 0.717) is 30.0 Å². The number of benzene rings is 1. The predicted octanol–water partition coefficient (Wildman–Crippen LogP) is 4.36. The van der Waals surface area contributed by atoms with Crippen LogP contribution in [0.15, 0.2) is 24.3 Å². The highest BCUT2D eigenvalue weighted by Gasteiger charge is 2.29. The summed E-state index contributed by atoms with van der Waals surface area (Å²) in [6.07, 6.45) is 4.17. The van der Waals surface area contributed by atoms with E-state index in [0.717, 1.165) is 6.42 Å². The van der Waals surface area contributed by atoms with E-state index in [1.807, 2.05) is 0 Å². The Morgan fingerprint density at radius 3 is 2.39 bits per heavy atom. The Kier molecular flexibility index (Phi) is 4.21. The van der Waals surface area contributed by atoms with Gasteiger partial charge in [0.25, 0.3) is 0 Å². The largest absolute Gasteiger partial charge is 0.299 e. The lowest BCUT2D eigenvalue weighted by Crippen LogP contribution is -2.19. The Balaban J connectivity index is 1.98. The molecule has 0 saturated heterocycles. The predicted molar refractivity (Wildman–Crippen MR) is 75.7 cm³/mol. The van der Waals surface area contributed by atoms with E-state index in [-0.39, 0.29) is 0 Å². The lowest BCUT2D eigenvalue weighted by Gasteiger charge is -2.14. The summed E-state index contributed by atoms with van der Waals surface area (Å²) in [6, 6.07) is 8.55. The summed E-state index contributed by atoms with van der Waals surface area (Å²) in [7, 11) is 0. The fraction of sp³-hybridized carbons (Fsp3) is 0.588. The Morgan fingerprint density at radius 1 is 1.22 bits per heavy atom. The summed E-state index contributed by atoms with van der Waals surface area (Å²) in [5, 5.41) is 0. The van der Waals surface area contributed by atoms with Crippen molar-refractivity contribution in [1.82, 2.24) is 0 Å². The van der Waals surface area contributed by atoms with E-state index < -0.39 is 0 Å². The van der Waals surface area contributed by atoms with Crippen molar-refractivity contribution in [3.8, 4) is 0 Å². The maximum atomic E-state index is 12.2. The normalized spacial score (nSPS) is 23.6. The third kappa shape index (κ3) is 3.01. The summed E-state index contributed by atoms with van der Waals surface area (Å²) in [5.74, 6) is 1.91. The van der Waals surface area contributed by atoms with Crippen LogP contribution in [0.1, 0.15) is 57.1 Å². The minimum absolute atomic E-state index is 0.315. The van der Waals surface area contributed by atoms with Crippen molar-refractivity contribution in [2.24, 2.45) is 11.8 Å². The summed E-state index contributed by atoms with van der Waals surface area (Å²) < 4.78 is 0. The molecule has 98 valence electrons. The molecule has 2 atom stereocenters. The number of carbonyl (C=O) groups is 1. The van der Waals surface area contributed by atoms with E-state index in [1.54, 1.807) is 0 Å². The van der Waals surface area contributed by atoms with Gasteiger partial charge in [0.1, 0.15) is 5.78 Å². The monoisotopic (exact) mass is 244 g/mol. The van der Waals surface area contributed by atoms with Crippen LogP contribution in [0, 0.1) is 11.8 Å². The van der Waals surface area contributed by atoms with Gasteiger partial charge in [0.15, 0.2) is 0 Å². The fourth-order valence-corrected chi connectivity index (χ4v) is 2.98. The molecule has 0 heterocycles. The van der Waals surface area contributed by atoms with Crippen LogP contribution in [-0.4, -0.2) is 5.78 Å². The van der Waals surface area contributed by atoms with Gasteiger partial charge in [0.2, 0.25) is 0 Å². The van der Waals surface area contributed by atoms with Crippen LogP contribution in [0.3, 0.4) is 0 Å². The Hall–Kier alpha value is -1.11. The van der Waals surface area contributed by atoms with Crippen molar-refractivity contribution < 1.29 is 4.79 Å². The Morgan fingerprint density at radius 2 is 1.89 bits per heavy atom. The van der Waals surface area contributed by atoms with Crippen molar-refractivity contribution in [3.63, 3.8) is 0 Å². The molecule has 1 aromatic carbocycles. The molecular formula is C17H24O. The highest BCUT2D eigenvalue weighted by atomic mass is 16.1. The minimum Gasteiger partial charge on any atom is -0.299 e. The first-order valence-electron chi connectivity index (χ1n) is 7.19. The summed E-state index contributed by atoms with van der Waals surface area (Å²) in [6.45, 7) is 6.61. The van der Waals surface area contributed by atoms with Gasteiger partial charge in [-0.15, -0.1) is 0 Å². The second kappa shape index (κ2) is 5.69. The standard InChI is InChI=1S/C17H24O/c1-12(2)15-9-7-14(8-10-15)11-17(18)16-6-4-5-13(16)3/h7-10,12-13,16H,4-6,11H2,1-3H3. The van der Waals surface area contributed by atoms with Gasteiger partial charge >= 0.3 is 0 Å². The quantitative estimate of drug-likeness (QED) is 0.769. The molecule has 0 spiro atoms. The van der Waals surface area contributed by atoms with Gasteiger partial charge < -0.3 is 0 Å². The van der Waals surface area contributed by atoms with Gasteiger partial charge in [-0.25, -0.2) is 0 Å². The first-order chi connectivity index (χ1) is 8.58. The third-order valence-electron chi connectivity index (χ3n) is 4.30. The van der Waals surface area contributed by atoms with E-state index in [1.165, 1.54) is 24.0 Å². The number of Topliss-reactive ketones (excluding diaryl/α,β-unsaturated/α-hetero) is 1. The average molecular weight is 244 g/mol. The van der Waals surface area contributed by atoms with Crippen molar-refractivity contribution in [1.29, 1.82) is 0 Å². The van der Waals surface area contributed by atoms with Crippen molar-refractivity contribution in [3.05, 3.63) is 35.4 Å². The van der Waals surface area contributed by atoms with Gasteiger partial charge in [-0.2, -0.15) is 0 Å². The molecular weight excluding hydrogens is 220 g/mol. The number of hydrogen-bond donors (Lipinski definition) is 0. The Labute approximate surface area is 111 Å². The van der Waals surface area contributed by atoms with Crippen molar-refractivity contribution in [2.75, 3.05) is 0 Å². The second-order valence-electron chi connectivity index (χ2n) is 6.05. The summed E-state index contributed by atoms with van der Waals surface area (Å²) >= 11 is 0. The number of ketones is 1. The van der Waals surface area contributed by atoms with Crippen LogP contribution < -0.4 is 0 Å². The van der Waals surface area contributed by atoms with E-state index >= 15 is 0 Å². The van der Waals surface area contributed by atoms with Crippen LogP contribution in [0.25, 0.3) is 0 Å². The van der Waals surface area contributed by atoms with Gasteiger partial charge in [0.05, 0.1) is 0 Å². The zero-order valence-electron chi connectivity index (χ0n) is 11.8. The van der Waals surface area contributed by atoms with Crippen molar-refractivity contribution in [2.45, 2.75) is 52.4 Å². The molecule has 1 nitrogen and oxygen atoms in total. The molecule has 0 radical (unpaired) electrons. The van der Waals surface area contributed by atoms with Crippen LogP contribution in [0.5, 0.6) is 0 Å². The van der Waals surface area contributed by atoms with Gasteiger partial charge in [-0.1, -0.05) is 51.5 Å². The highest BCUT2D eigenvalue weighted by Crippen LogP contribution is 2.32. The van der Waals surface area contributed by atoms with Gasteiger partial charge in [0, 0.05) is 12.3 Å². The molecule has 2 rings (SSSR count). The molecule has 1 aromatic rings. The molecule has 1 saturated carbocycles. The minimum atomic E-state index is 0.315.